The van der Waals surface area contributed by atoms with Gasteiger partial charge in [-0.1, -0.05) is 30.7 Å². The number of anilines is 1. The van der Waals surface area contributed by atoms with Gasteiger partial charge in [-0.15, -0.1) is 0 Å². The molecular weight excluding hydrogens is 350 g/mol. The summed E-state index contributed by atoms with van der Waals surface area (Å²) in [4.78, 5) is 17.5. The van der Waals surface area contributed by atoms with E-state index in [0.717, 1.165) is 42.1 Å². The lowest BCUT2D eigenvalue weighted by Crippen LogP contribution is -2.25. The maximum Gasteiger partial charge on any atom is 0.218 e. The number of ether oxygens (including phenoxy) is 1. The fourth-order valence-corrected chi connectivity index (χ4v) is 3.53. The highest BCUT2D eigenvalue weighted by Crippen LogP contribution is 2.29. The van der Waals surface area contributed by atoms with Crippen LogP contribution in [0.4, 0.5) is 5.69 Å². The SMILES string of the molecule is Cc1c(N2CC[C@@H](Oc3ccc([C@@H](C)CC(N)=O)cc3)C2)ccnc1Cl. The smallest absolute Gasteiger partial charge is 0.218 e. The van der Waals surface area contributed by atoms with Gasteiger partial charge in [-0.2, -0.15) is 0 Å². The summed E-state index contributed by atoms with van der Waals surface area (Å²) in [7, 11) is 0. The Kier molecular flexibility index (Phi) is 5.67. The fraction of sp³-hybridized carbons (Fsp3) is 0.400. The second-order valence-corrected chi connectivity index (χ2v) is 7.22. The van der Waals surface area contributed by atoms with Crippen LogP contribution < -0.4 is 15.4 Å². The average Bonchev–Trinajstić information content (AvgIpc) is 3.05. The molecule has 2 atom stereocenters. The Balaban J connectivity index is 1.60. The van der Waals surface area contributed by atoms with Gasteiger partial charge in [0.25, 0.3) is 0 Å². The van der Waals surface area contributed by atoms with Crippen LogP contribution in [0.25, 0.3) is 0 Å². The van der Waals surface area contributed by atoms with Crippen LogP contribution in [0.15, 0.2) is 36.5 Å². The maximum absolute atomic E-state index is 11.1. The number of hydrogen-bond donors (Lipinski definition) is 1. The highest BCUT2D eigenvalue weighted by molar-refractivity contribution is 6.30. The van der Waals surface area contributed by atoms with Crippen molar-refractivity contribution in [2.24, 2.45) is 5.73 Å². The molecule has 2 heterocycles. The van der Waals surface area contributed by atoms with Gasteiger partial charge in [-0.05, 0) is 36.6 Å². The number of carbonyl (C=O) groups is 1. The lowest BCUT2D eigenvalue weighted by Gasteiger charge is -2.21. The van der Waals surface area contributed by atoms with E-state index in [9.17, 15) is 4.79 Å². The summed E-state index contributed by atoms with van der Waals surface area (Å²) in [6.45, 7) is 5.74. The average molecular weight is 374 g/mol. The number of aromatic nitrogens is 1. The van der Waals surface area contributed by atoms with E-state index in [-0.39, 0.29) is 17.9 Å². The van der Waals surface area contributed by atoms with Crippen LogP contribution in [-0.4, -0.2) is 30.1 Å². The van der Waals surface area contributed by atoms with Crippen molar-refractivity contribution in [1.82, 2.24) is 4.98 Å². The van der Waals surface area contributed by atoms with Crippen LogP contribution in [0.5, 0.6) is 5.75 Å². The summed E-state index contributed by atoms with van der Waals surface area (Å²) in [6.07, 6.45) is 3.19. The van der Waals surface area contributed by atoms with Crippen LogP contribution >= 0.6 is 11.6 Å². The van der Waals surface area contributed by atoms with Crippen molar-refractivity contribution >= 4 is 23.2 Å². The first-order chi connectivity index (χ1) is 12.4. The Morgan fingerprint density at radius 2 is 2.12 bits per heavy atom. The molecule has 1 amide bonds. The number of nitrogens with zero attached hydrogens (tertiary/aromatic N) is 2. The second kappa shape index (κ2) is 7.96. The van der Waals surface area contributed by atoms with Crippen molar-refractivity contribution in [1.29, 1.82) is 0 Å². The predicted molar refractivity (Wildman–Crippen MR) is 104 cm³/mol. The lowest BCUT2D eigenvalue weighted by molar-refractivity contribution is -0.118. The third-order valence-electron chi connectivity index (χ3n) is 4.86. The van der Waals surface area contributed by atoms with Crippen molar-refractivity contribution in [2.75, 3.05) is 18.0 Å². The Bertz CT molecular complexity index is 779. The van der Waals surface area contributed by atoms with Gasteiger partial charge in [0.1, 0.15) is 17.0 Å². The summed E-state index contributed by atoms with van der Waals surface area (Å²) in [5.74, 6) is 0.676. The Morgan fingerprint density at radius 1 is 1.38 bits per heavy atom. The van der Waals surface area contributed by atoms with E-state index in [1.54, 1.807) is 6.20 Å². The van der Waals surface area contributed by atoms with Crippen molar-refractivity contribution < 1.29 is 9.53 Å². The molecule has 2 N–H and O–H groups in total. The Labute approximate surface area is 159 Å². The summed E-state index contributed by atoms with van der Waals surface area (Å²) in [6, 6.07) is 9.93. The van der Waals surface area contributed by atoms with Crippen LogP contribution in [0.3, 0.4) is 0 Å². The number of halogens is 1. The monoisotopic (exact) mass is 373 g/mol. The normalized spacial score (nSPS) is 18.0. The molecule has 0 unspecified atom stereocenters. The minimum atomic E-state index is -0.282. The number of hydrogen-bond acceptors (Lipinski definition) is 4. The first kappa shape index (κ1) is 18.5. The topological polar surface area (TPSA) is 68.5 Å². The van der Waals surface area contributed by atoms with E-state index in [4.69, 9.17) is 22.1 Å². The number of amides is 1. The minimum absolute atomic E-state index is 0.114. The second-order valence-electron chi connectivity index (χ2n) is 6.86. The van der Waals surface area contributed by atoms with E-state index < -0.39 is 0 Å². The number of primary amides is 1. The highest BCUT2D eigenvalue weighted by atomic mass is 35.5. The standard InChI is InChI=1S/C20H24ClN3O2/c1-13(11-19(22)25)15-3-5-16(6-4-15)26-17-8-10-24(12-17)18-7-9-23-20(21)14(18)2/h3-7,9,13,17H,8,10-12H2,1-2H3,(H2,22,25)/t13-,17+/m0/s1. The molecule has 0 bridgehead atoms. The van der Waals surface area contributed by atoms with Gasteiger partial charge in [0.15, 0.2) is 0 Å². The van der Waals surface area contributed by atoms with Crippen molar-refractivity contribution in [3.63, 3.8) is 0 Å². The van der Waals surface area contributed by atoms with Gasteiger partial charge in [0.05, 0.1) is 6.54 Å². The van der Waals surface area contributed by atoms with Gasteiger partial charge in [0, 0.05) is 36.8 Å². The molecule has 1 aromatic heterocycles. The molecule has 2 aromatic rings. The molecule has 1 fully saturated rings. The van der Waals surface area contributed by atoms with E-state index >= 15 is 0 Å². The van der Waals surface area contributed by atoms with Crippen LogP contribution in [0, 0.1) is 6.92 Å². The predicted octanol–water partition coefficient (Wildman–Crippen LogP) is 3.68. The number of rotatable bonds is 6. The number of pyridine rings is 1. The van der Waals surface area contributed by atoms with Gasteiger partial charge in [-0.3, -0.25) is 4.79 Å². The Hall–Kier alpha value is -2.27. The van der Waals surface area contributed by atoms with Gasteiger partial charge in [0.2, 0.25) is 5.91 Å². The first-order valence-corrected chi connectivity index (χ1v) is 9.23. The van der Waals surface area contributed by atoms with E-state index in [1.807, 2.05) is 44.2 Å². The van der Waals surface area contributed by atoms with Crippen molar-refractivity contribution in [2.45, 2.75) is 38.7 Å². The molecule has 138 valence electrons. The molecule has 6 heteroatoms. The summed E-state index contributed by atoms with van der Waals surface area (Å²) in [5.41, 5.74) is 8.48. The number of benzene rings is 1. The van der Waals surface area contributed by atoms with Crippen LogP contribution in [0.2, 0.25) is 5.15 Å². The zero-order valence-electron chi connectivity index (χ0n) is 15.1. The van der Waals surface area contributed by atoms with Crippen molar-refractivity contribution in [3.8, 4) is 5.75 Å². The van der Waals surface area contributed by atoms with Crippen LogP contribution in [0.1, 0.15) is 36.8 Å². The molecule has 3 rings (SSSR count). The molecule has 5 nitrogen and oxygen atoms in total. The van der Waals surface area contributed by atoms with E-state index in [1.165, 1.54) is 0 Å². The number of nitrogens with two attached hydrogens (primary N) is 1. The quantitative estimate of drug-likeness (QED) is 0.784. The molecule has 26 heavy (non-hydrogen) atoms. The summed E-state index contributed by atoms with van der Waals surface area (Å²) >= 11 is 6.13. The fourth-order valence-electron chi connectivity index (χ4n) is 3.37. The van der Waals surface area contributed by atoms with Crippen molar-refractivity contribution in [3.05, 3.63) is 52.8 Å². The molecule has 0 spiro atoms. The molecule has 0 saturated carbocycles. The van der Waals surface area contributed by atoms with Crippen LogP contribution in [-0.2, 0) is 4.79 Å². The first-order valence-electron chi connectivity index (χ1n) is 8.85. The number of carbonyl (C=O) groups excluding carboxylic acids is 1. The molecule has 1 aromatic carbocycles. The summed E-state index contributed by atoms with van der Waals surface area (Å²) in [5, 5.41) is 0.549. The minimum Gasteiger partial charge on any atom is -0.489 e. The van der Waals surface area contributed by atoms with Gasteiger partial charge >= 0.3 is 0 Å². The molecule has 1 aliphatic heterocycles. The van der Waals surface area contributed by atoms with E-state index in [2.05, 4.69) is 9.88 Å². The molecular formula is C20H24ClN3O2. The highest BCUT2D eigenvalue weighted by Gasteiger charge is 2.25. The van der Waals surface area contributed by atoms with E-state index in [0.29, 0.717) is 11.6 Å². The molecule has 0 aliphatic carbocycles. The van der Waals surface area contributed by atoms with Gasteiger partial charge in [-0.25, -0.2) is 4.98 Å². The molecule has 1 aliphatic rings. The lowest BCUT2D eigenvalue weighted by atomic mass is 9.97. The third kappa shape index (κ3) is 4.28. The zero-order chi connectivity index (χ0) is 18.7. The summed E-state index contributed by atoms with van der Waals surface area (Å²) < 4.78 is 6.13. The third-order valence-corrected chi connectivity index (χ3v) is 5.24. The molecule has 0 radical (unpaired) electrons. The Morgan fingerprint density at radius 3 is 2.81 bits per heavy atom. The molecule has 1 saturated heterocycles. The zero-order valence-corrected chi connectivity index (χ0v) is 15.9. The van der Waals surface area contributed by atoms with Gasteiger partial charge < -0.3 is 15.4 Å². The largest absolute Gasteiger partial charge is 0.489 e. The maximum atomic E-state index is 11.1.